The van der Waals surface area contributed by atoms with Crippen molar-refractivity contribution in [1.29, 1.82) is 0 Å². The standard InChI is InChI=1S/C16H27N5O3.C6H6/c1-3-20(4-2)11-5-9-18-10-8-16(22)19-13-6-7-14(17)15(12-13)21(23)24;1-2-4-6-5-3-1/h6-7,12,18H,3-5,8-11,17H2,1-2H3,(H,19,22);1-6H. The summed E-state index contributed by atoms with van der Waals surface area (Å²) in [6, 6.07) is 16.2. The first-order valence-corrected chi connectivity index (χ1v) is 10.2. The number of carbonyl (C=O) groups excluding carboxylic acids is 1. The number of benzene rings is 2. The predicted octanol–water partition coefficient (Wildman–Crippen LogP) is 3.51. The van der Waals surface area contributed by atoms with Gasteiger partial charge in [0.1, 0.15) is 5.69 Å². The third-order valence-electron chi connectivity index (χ3n) is 4.43. The number of nitrogens with two attached hydrogens (primary N) is 1. The minimum atomic E-state index is -0.567. The van der Waals surface area contributed by atoms with Gasteiger partial charge in [-0.25, -0.2) is 0 Å². The predicted molar refractivity (Wildman–Crippen MR) is 122 cm³/mol. The average Bonchev–Trinajstić information content (AvgIpc) is 2.76. The first-order chi connectivity index (χ1) is 14.5. The monoisotopic (exact) mass is 415 g/mol. The van der Waals surface area contributed by atoms with E-state index in [-0.39, 0.29) is 17.3 Å². The van der Waals surface area contributed by atoms with Crippen molar-refractivity contribution in [2.45, 2.75) is 26.7 Å². The van der Waals surface area contributed by atoms with Crippen LogP contribution in [0.2, 0.25) is 0 Å². The molecule has 0 atom stereocenters. The minimum Gasteiger partial charge on any atom is -0.393 e. The largest absolute Gasteiger partial charge is 0.393 e. The topological polar surface area (TPSA) is 114 Å². The summed E-state index contributed by atoms with van der Waals surface area (Å²) in [5.41, 5.74) is 5.77. The van der Waals surface area contributed by atoms with E-state index in [9.17, 15) is 14.9 Å². The second-order valence-corrected chi connectivity index (χ2v) is 6.61. The van der Waals surface area contributed by atoms with Gasteiger partial charge in [-0.1, -0.05) is 50.2 Å². The molecule has 2 rings (SSSR count). The van der Waals surface area contributed by atoms with E-state index in [0.29, 0.717) is 18.7 Å². The quantitative estimate of drug-likeness (QED) is 0.224. The van der Waals surface area contributed by atoms with Crippen molar-refractivity contribution in [2.24, 2.45) is 0 Å². The van der Waals surface area contributed by atoms with Gasteiger partial charge in [-0.3, -0.25) is 14.9 Å². The van der Waals surface area contributed by atoms with Crippen LogP contribution in [0.25, 0.3) is 0 Å². The Morgan fingerprint density at radius 2 is 1.67 bits per heavy atom. The summed E-state index contributed by atoms with van der Waals surface area (Å²) in [6.45, 7) is 8.85. The number of hydrogen-bond acceptors (Lipinski definition) is 6. The molecular formula is C22H33N5O3. The molecule has 0 saturated carbocycles. The van der Waals surface area contributed by atoms with Crippen molar-refractivity contribution in [3.05, 3.63) is 64.7 Å². The lowest BCUT2D eigenvalue weighted by molar-refractivity contribution is -0.383. The molecule has 164 valence electrons. The molecule has 0 aliphatic rings. The zero-order valence-electron chi connectivity index (χ0n) is 17.8. The van der Waals surface area contributed by atoms with Crippen LogP contribution in [0.5, 0.6) is 0 Å². The van der Waals surface area contributed by atoms with Gasteiger partial charge in [-0.05, 0) is 44.7 Å². The molecule has 0 spiro atoms. The van der Waals surface area contributed by atoms with Gasteiger partial charge in [-0.2, -0.15) is 0 Å². The minimum absolute atomic E-state index is 0.0767. The second kappa shape index (κ2) is 14.9. The SMILES string of the molecule is CCN(CC)CCCNCCC(=O)Nc1ccc(N)c([N+](=O)[O-])c1.c1ccccc1. The van der Waals surface area contributed by atoms with Gasteiger partial charge in [0.05, 0.1) is 4.92 Å². The number of carbonyl (C=O) groups is 1. The first-order valence-electron chi connectivity index (χ1n) is 10.2. The molecule has 2 aromatic rings. The molecule has 30 heavy (non-hydrogen) atoms. The number of hydrogen-bond donors (Lipinski definition) is 3. The van der Waals surface area contributed by atoms with E-state index in [4.69, 9.17) is 5.73 Å². The molecule has 0 heterocycles. The van der Waals surface area contributed by atoms with Crippen molar-refractivity contribution < 1.29 is 9.72 Å². The molecule has 0 aliphatic carbocycles. The number of anilines is 2. The third-order valence-corrected chi connectivity index (χ3v) is 4.43. The van der Waals surface area contributed by atoms with E-state index in [0.717, 1.165) is 32.6 Å². The van der Waals surface area contributed by atoms with Crippen LogP contribution in [0.4, 0.5) is 17.1 Å². The molecule has 1 amide bonds. The number of nitrogens with zero attached hydrogens (tertiary/aromatic N) is 2. The summed E-state index contributed by atoms with van der Waals surface area (Å²) in [5, 5.41) is 16.7. The zero-order valence-corrected chi connectivity index (χ0v) is 17.8. The van der Waals surface area contributed by atoms with E-state index in [2.05, 4.69) is 29.4 Å². The molecule has 8 heteroatoms. The molecule has 0 unspecified atom stereocenters. The molecule has 0 fully saturated rings. The van der Waals surface area contributed by atoms with Crippen LogP contribution in [-0.4, -0.2) is 48.5 Å². The lowest BCUT2D eigenvalue weighted by atomic mass is 10.2. The molecule has 0 radical (unpaired) electrons. The average molecular weight is 416 g/mol. The Balaban J connectivity index is 0.000000637. The normalized spacial score (nSPS) is 10.2. The van der Waals surface area contributed by atoms with Crippen LogP contribution >= 0.6 is 0 Å². The van der Waals surface area contributed by atoms with Gasteiger partial charge >= 0.3 is 0 Å². The van der Waals surface area contributed by atoms with E-state index in [1.165, 1.54) is 12.1 Å². The van der Waals surface area contributed by atoms with Crippen molar-refractivity contribution in [2.75, 3.05) is 43.8 Å². The Morgan fingerprint density at radius 3 is 2.20 bits per heavy atom. The fraction of sp³-hybridized carbons (Fsp3) is 0.409. The molecular weight excluding hydrogens is 382 g/mol. The summed E-state index contributed by atoms with van der Waals surface area (Å²) in [7, 11) is 0. The number of amides is 1. The highest BCUT2D eigenvalue weighted by molar-refractivity contribution is 5.91. The van der Waals surface area contributed by atoms with E-state index in [1.54, 1.807) is 6.07 Å². The summed E-state index contributed by atoms with van der Waals surface area (Å²) >= 11 is 0. The van der Waals surface area contributed by atoms with Crippen LogP contribution in [0.3, 0.4) is 0 Å². The highest BCUT2D eigenvalue weighted by Crippen LogP contribution is 2.24. The number of nitrogens with one attached hydrogen (secondary N) is 2. The Morgan fingerprint density at radius 1 is 1.07 bits per heavy atom. The van der Waals surface area contributed by atoms with Crippen molar-refractivity contribution in [3.8, 4) is 0 Å². The van der Waals surface area contributed by atoms with Crippen LogP contribution in [0.15, 0.2) is 54.6 Å². The molecule has 2 aromatic carbocycles. The Labute approximate surface area is 178 Å². The zero-order chi connectivity index (χ0) is 22.2. The fourth-order valence-electron chi connectivity index (χ4n) is 2.68. The van der Waals surface area contributed by atoms with Crippen LogP contribution in [0, 0.1) is 10.1 Å². The number of rotatable bonds is 11. The van der Waals surface area contributed by atoms with Crippen molar-refractivity contribution in [3.63, 3.8) is 0 Å². The smallest absolute Gasteiger partial charge is 0.294 e. The molecule has 0 bridgehead atoms. The number of nitrogen functional groups attached to an aromatic ring is 1. The molecule has 0 aliphatic heterocycles. The fourth-order valence-corrected chi connectivity index (χ4v) is 2.68. The maximum Gasteiger partial charge on any atom is 0.294 e. The molecule has 8 nitrogen and oxygen atoms in total. The summed E-state index contributed by atoms with van der Waals surface area (Å²) in [4.78, 5) is 24.5. The van der Waals surface area contributed by atoms with E-state index in [1.807, 2.05) is 36.4 Å². The van der Waals surface area contributed by atoms with Gasteiger partial charge in [0, 0.05) is 24.7 Å². The van der Waals surface area contributed by atoms with Gasteiger partial charge in [0.25, 0.3) is 5.69 Å². The van der Waals surface area contributed by atoms with Crippen LogP contribution < -0.4 is 16.4 Å². The number of nitro benzene ring substituents is 1. The maximum atomic E-state index is 11.9. The molecule has 0 aromatic heterocycles. The third kappa shape index (κ3) is 10.5. The van der Waals surface area contributed by atoms with E-state index >= 15 is 0 Å². The van der Waals surface area contributed by atoms with Crippen molar-refractivity contribution in [1.82, 2.24) is 10.2 Å². The summed E-state index contributed by atoms with van der Waals surface area (Å²) in [5.74, 6) is -0.190. The highest BCUT2D eigenvalue weighted by atomic mass is 16.6. The second-order valence-electron chi connectivity index (χ2n) is 6.61. The maximum absolute atomic E-state index is 11.9. The Hall–Kier alpha value is -2.97. The van der Waals surface area contributed by atoms with Gasteiger partial charge in [0.15, 0.2) is 0 Å². The highest BCUT2D eigenvalue weighted by Gasteiger charge is 2.13. The Bertz CT molecular complexity index is 725. The van der Waals surface area contributed by atoms with Gasteiger partial charge < -0.3 is 21.3 Å². The van der Waals surface area contributed by atoms with Crippen LogP contribution in [0.1, 0.15) is 26.7 Å². The molecule has 0 saturated heterocycles. The van der Waals surface area contributed by atoms with Gasteiger partial charge in [-0.15, -0.1) is 0 Å². The van der Waals surface area contributed by atoms with Crippen LogP contribution in [-0.2, 0) is 4.79 Å². The lowest BCUT2D eigenvalue weighted by Gasteiger charge is -2.17. The number of nitro groups is 1. The lowest BCUT2D eigenvalue weighted by Crippen LogP contribution is -2.28. The van der Waals surface area contributed by atoms with Crippen molar-refractivity contribution >= 4 is 23.0 Å². The summed E-state index contributed by atoms with van der Waals surface area (Å²) < 4.78 is 0. The Kier molecular flexibility index (Phi) is 12.5. The summed E-state index contributed by atoms with van der Waals surface area (Å²) in [6.07, 6.45) is 1.34. The first kappa shape index (κ1) is 25.1. The van der Waals surface area contributed by atoms with E-state index < -0.39 is 4.92 Å². The molecule has 4 N–H and O–H groups in total. The van der Waals surface area contributed by atoms with Gasteiger partial charge in [0.2, 0.25) is 5.91 Å².